The summed E-state index contributed by atoms with van der Waals surface area (Å²) in [7, 11) is 1.59. The molecule has 0 saturated heterocycles. The highest BCUT2D eigenvalue weighted by molar-refractivity contribution is 5.83. The van der Waals surface area contributed by atoms with Gasteiger partial charge in [-0.05, 0) is 42.7 Å². The Morgan fingerprint density at radius 2 is 2.15 bits per heavy atom. The van der Waals surface area contributed by atoms with E-state index in [0.29, 0.717) is 19.0 Å². The molecule has 27 heavy (non-hydrogen) atoms. The second-order valence-corrected chi connectivity index (χ2v) is 6.08. The lowest BCUT2D eigenvalue weighted by Gasteiger charge is -2.11. The van der Waals surface area contributed by atoms with Crippen LogP contribution in [-0.4, -0.2) is 36.1 Å². The Balaban J connectivity index is 1.59. The van der Waals surface area contributed by atoms with Crippen LogP contribution in [0.1, 0.15) is 18.1 Å². The first-order valence-corrected chi connectivity index (χ1v) is 8.96. The van der Waals surface area contributed by atoms with Gasteiger partial charge in [0.25, 0.3) is 0 Å². The van der Waals surface area contributed by atoms with Crippen LogP contribution in [0.15, 0.2) is 47.7 Å². The van der Waals surface area contributed by atoms with E-state index in [1.54, 1.807) is 25.4 Å². The van der Waals surface area contributed by atoms with Crippen molar-refractivity contribution in [3.8, 4) is 5.88 Å². The number of benzene rings is 1. The summed E-state index contributed by atoms with van der Waals surface area (Å²) >= 11 is 0. The third-order valence-corrected chi connectivity index (χ3v) is 4.19. The van der Waals surface area contributed by atoms with Crippen molar-refractivity contribution in [3.63, 3.8) is 0 Å². The molecule has 7 heteroatoms. The minimum Gasteiger partial charge on any atom is -0.481 e. The Bertz CT molecular complexity index is 904. The SMILES string of the molecule is CCNC(=NCc1ccc(OC)nc1)NCCc1c[nH]c2ccc(F)cc12. The van der Waals surface area contributed by atoms with E-state index < -0.39 is 0 Å². The molecule has 0 aliphatic carbocycles. The van der Waals surface area contributed by atoms with Gasteiger partial charge in [-0.1, -0.05) is 6.07 Å². The second kappa shape index (κ2) is 9.02. The molecule has 3 aromatic rings. The average molecular weight is 369 g/mol. The molecule has 0 fully saturated rings. The largest absolute Gasteiger partial charge is 0.481 e. The van der Waals surface area contributed by atoms with Gasteiger partial charge in [-0.3, -0.25) is 0 Å². The zero-order chi connectivity index (χ0) is 19.1. The molecule has 0 unspecified atom stereocenters. The number of hydrogen-bond donors (Lipinski definition) is 3. The molecule has 0 saturated carbocycles. The number of hydrogen-bond acceptors (Lipinski definition) is 3. The van der Waals surface area contributed by atoms with Crippen LogP contribution in [0.4, 0.5) is 4.39 Å². The number of rotatable bonds is 7. The van der Waals surface area contributed by atoms with Gasteiger partial charge in [0, 0.05) is 42.5 Å². The summed E-state index contributed by atoms with van der Waals surface area (Å²) in [5.74, 6) is 1.10. The normalized spacial score (nSPS) is 11.6. The molecule has 2 heterocycles. The minimum atomic E-state index is -0.223. The predicted molar refractivity (Wildman–Crippen MR) is 106 cm³/mol. The van der Waals surface area contributed by atoms with Crippen molar-refractivity contribution in [3.05, 3.63) is 59.7 Å². The first-order chi connectivity index (χ1) is 13.2. The fourth-order valence-corrected chi connectivity index (χ4v) is 2.81. The molecule has 0 radical (unpaired) electrons. The Hall–Kier alpha value is -3.09. The number of pyridine rings is 1. The van der Waals surface area contributed by atoms with Gasteiger partial charge in [0.2, 0.25) is 5.88 Å². The summed E-state index contributed by atoms with van der Waals surface area (Å²) in [6.45, 7) is 4.00. The van der Waals surface area contributed by atoms with Crippen LogP contribution < -0.4 is 15.4 Å². The number of ether oxygens (including phenoxy) is 1. The number of aromatic nitrogens is 2. The number of halogens is 1. The van der Waals surface area contributed by atoms with E-state index in [2.05, 4.69) is 25.6 Å². The molecular weight excluding hydrogens is 345 g/mol. The second-order valence-electron chi connectivity index (χ2n) is 6.08. The third-order valence-electron chi connectivity index (χ3n) is 4.19. The zero-order valence-electron chi connectivity index (χ0n) is 15.6. The number of nitrogens with one attached hydrogen (secondary N) is 3. The minimum absolute atomic E-state index is 0.223. The highest BCUT2D eigenvalue weighted by Crippen LogP contribution is 2.19. The topological polar surface area (TPSA) is 74.3 Å². The summed E-state index contributed by atoms with van der Waals surface area (Å²) in [6, 6.07) is 8.55. The van der Waals surface area contributed by atoms with Gasteiger partial charge in [0.1, 0.15) is 5.82 Å². The molecule has 0 bridgehead atoms. The van der Waals surface area contributed by atoms with Crippen LogP contribution in [0, 0.1) is 5.82 Å². The molecule has 6 nitrogen and oxygen atoms in total. The van der Waals surface area contributed by atoms with Crippen molar-refractivity contribution in [2.45, 2.75) is 19.9 Å². The van der Waals surface area contributed by atoms with E-state index >= 15 is 0 Å². The molecule has 2 aromatic heterocycles. The fraction of sp³-hybridized carbons (Fsp3) is 0.300. The first kappa shape index (κ1) is 18.7. The Morgan fingerprint density at radius 1 is 1.26 bits per heavy atom. The van der Waals surface area contributed by atoms with Gasteiger partial charge < -0.3 is 20.4 Å². The highest BCUT2D eigenvalue weighted by atomic mass is 19.1. The summed E-state index contributed by atoms with van der Waals surface area (Å²) in [5.41, 5.74) is 3.02. The summed E-state index contributed by atoms with van der Waals surface area (Å²) in [6.07, 6.45) is 4.45. The van der Waals surface area contributed by atoms with E-state index in [9.17, 15) is 4.39 Å². The number of aromatic amines is 1. The van der Waals surface area contributed by atoms with E-state index in [1.807, 2.05) is 25.3 Å². The van der Waals surface area contributed by atoms with Crippen LogP contribution in [0.3, 0.4) is 0 Å². The van der Waals surface area contributed by atoms with Gasteiger partial charge in [-0.2, -0.15) is 0 Å². The van der Waals surface area contributed by atoms with Crippen LogP contribution >= 0.6 is 0 Å². The first-order valence-electron chi connectivity index (χ1n) is 8.96. The van der Waals surface area contributed by atoms with Crippen molar-refractivity contribution in [2.75, 3.05) is 20.2 Å². The predicted octanol–water partition coefficient (Wildman–Crippen LogP) is 3.01. The molecule has 142 valence electrons. The monoisotopic (exact) mass is 369 g/mol. The van der Waals surface area contributed by atoms with Gasteiger partial charge in [-0.25, -0.2) is 14.4 Å². The van der Waals surface area contributed by atoms with E-state index in [0.717, 1.165) is 41.0 Å². The number of H-pyrrole nitrogens is 1. The molecule has 0 aliphatic rings. The Morgan fingerprint density at radius 3 is 2.89 bits per heavy atom. The zero-order valence-corrected chi connectivity index (χ0v) is 15.6. The van der Waals surface area contributed by atoms with Crippen LogP contribution in [-0.2, 0) is 13.0 Å². The van der Waals surface area contributed by atoms with E-state index in [4.69, 9.17) is 4.74 Å². The van der Waals surface area contributed by atoms with Crippen LogP contribution in [0.2, 0.25) is 0 Å². The van der Waals surface area contributed by atoms with Gasteiger partial charge >= 0.3 is 0 Å². The quantitative estimate of drug-likeness (QED) is 0.442. The smallest absolute Gasteiger partial charge is 0.212 e. The molecule has 0 atom stereocenters. The standard InChI is InChI=1S/C20H24FN5O/c1-3-22-20(26-12-14-4-7-19(27-2)25-11-14)23-9-8-15-13-24-18-6-5-16(21)10-17(15)18/h4-7,10-11,13,24H,3,8-9,12H2,1-2H3,(H2,22,23,26). The van der Waals surface area contributed by atoms with E-state index in [-0.39, 0.29) is 5.82 Å². The third kappa shape index (κ3) is 4.97. The van der Waals surface area contributed by atoms with Gasteiger partial charge in [0.05, 0.1) is 13.7 Å². The van der Waals surface area contributed by atoms with Crippen LogP contribution in [0.25, 0.3) is 10.9 Å². The summed E-state index contributed by atoms with van der Waals surface area (Å²) in [5, 5.41) is 7.46. The number of aliphatic imine (C=N–C) groups is 1. The number of methoxy groups -OCH3 is 1. The van der Waals surface area contributed by atoms with Crippen molar-refractivity contribution in [1.29, 1.82) is 0 Å². The van der Waals surface area contributed by atoms with E-state index in [1.165, 1.54) is 6.07 Å². The van der Waals surface area contributed by atoms with Crippen LogP contribution in [0.5, 0.6) is 5.88 Å². The van der Waals surface area contributed by atoms with Crippen molar-refractivity contribution < 1.29 is 9.13 Å². The lowest BCUT2D eigenvalue weighted by Crippen LogP contribution is -2.38. The lowest BCUT2D eigenvalue weighted by molar-refractivity contribution is 0.397. The lowest BCUT2D eigenvalue weighted by atomic mass is 10.1. The van der Waals surface area contributed by atoms with Gasteiger partial charge in [-0.15, -0.1) is 0 Å². The maximum Gasteiger partial charge on any atom is 0.212 e. The molecule has 0 aliphatic heterocycles. The maximum absolute atomic E-state index is 13.5. The number of fused-ring (bicyclic) bond motifs is 1. The Labute approximate surface area is 157 Å². The molecule has 0 spiro atoms. The summed E-state index contributed by atoms with van der Waals surface area (Å²) < 4.78 is 18.5. The van der Waals surface area contributed by atoms with Crippen molar-refractivity contribution in [1.82, 2.24) is 20.6 Å². The molecule has 3 N–H and O–H groups in total. The fourth-order valence-electron chi connectivity index (χ4n) is 2.81. The molecule has 1 aromatic carbocycles. The highest BCUT2D eigenvalue weighted by Gasteiger charge is 2.05. The summed E-state index contributed by atoms with van der Waals surface area (Å²) in [4.78, 5) is 11.9. The number of nitrogens with zero attached hydrogens (tertiary/aromatic N) is 2. The molecule has 3 rings (SSSR count). The van der Waals surface area contributed by atoms with Gasteiger partial charge in [0.15, 0.2) is 5.96 Å². The van der Waals surface area contributed by atoms with Crippen molar-refractivity contribution >= 4 is 16.9 Å². The molecule has 0 amide bonds. The average Bonchev–Trinajstić information content (AvgIpc) is 3.08. The Kier molecular flexibility index (Phi) is 6.25. The molecular formula is C20H24FN5O. The number of guanidine groups is 1. The van der Waals surface area contributed by atoms with Crippen molar-refractivity contribution in [2.24, 2.45) is 4.99 Å². The maximum atomic E-state index is 13.5.